The fraction of sp³-hybridized carbons (Fsp3) is 0.304. The minimum atomic E-state index is -3.72. The molecule has 0 spiro atoms. The van der Waals surface area contributed by atoms with Crippen LogP contribution in [0.1, 0.15) is 30.1 Å². The molecule has 34 heavy (non-hydrogen) atoms. The highest BCUT2D eigenvalue weighted by Gasteiger charge is 2.32. The van der Waals surface area contributed by atoms with Gasteiger partial charge in [0.15, 0.2) is 0 Å². The second-order valence-electron chi connectivity index (χ2n) is 7.79. The van der Waals surface area contributed by atoms with Crippen LogP contribution in [0.4, 0.5) is 5.69 Å². The number of imidazole rings is 1. The molecule has 1 aliphatic heterocycles. The van der Waals surface area contributed by atoms with Crippen molar-refractivity contribution in [3.8, 4) is 5.82 Å². The van der Waals surface area contributed by atoms with Gasteiger partial charge in [-0.2, -0.15) is 4.31 Å². The zero-order valence-electron chi connectivity index (χ0n) is 18.6. The number of carbonyl (C=O) groups is 2. The third kappa shape index (κ3) is 5.15. The molecule has 178 valence electrons. The first-order valence-corrected chi connectivity index (χ1v) is 12.3. The molecule has 1 fully saturated rings. The van der Waals surface area contributed by atoms with Gasteiger partial charge >= 0.3 is 5.97 Å². The molecule has 0 bridgehead atoms. The normalized spacial score (nSPS) is 15.1. The molecule has 0 atom stereocenters. The van der Waals surface area contributed by atoms with Crippen molar-refractivity contribution in [3.63, 3.8) is 0 Å². The Morgan fingerprint density at radius 1 is 1.12 bits per heavy atom. The first kappa shape index (κ1) is 23.6. The van der Waals surface area contributed by atoms with Crippen molar-refractivity contribution in [2.75, 3.05) is 25.0 Å². The predicted molar refractivity (Wildman–Crippen MR) is 124 cm³/mol. The van der Waals surface area contributed by atoms with Crippen LogP contribution >= 0.6 is 0 Å². The van der Waals surface area contributed by atoms with Crippen LogP contribution < -0.4 is 5.32 Å². The smallest absolute Gasteiger partial charge is 0.338 e. The number of rotatable bonds is 7. The van der Waals surface area contributed by atoms with Gasteiger partial charge in [-0.25, -0.2) is 23.2 Å². The standard InChI is InChI=1S/C23H25N5O5S/c1-2-33-23(30)18-3-6-20(7-4-18)34(31,32)28-12-9-17(10-13-28)22(29)26-19-5-8-21(25-15-19)27-14-11-24-16-27/h3-8,11,14-17H,2,9-10,12-13H2,1H3,(H,26,29). The molecule has 1 amide bonds. The first-order chi connectivity index (χ1) is 16.4. The zero-order valence-corrected chi connectivity index (χ0v) is 19.4. The summed E-state index contributed by atoms with van der Waals surface area (Å²) in [7, 11) is -3.72. The minimum absolute atomic E-state index is 0.104. The maximum atomic E-state index is 13.0. The van der Waals surface area contributed by atoms with Gasteiger partial charge in [0.1, 0.15) is 12.1 Å². The van der Waals surface area contributed by atoms with Crippen molar-refractivity contribution in [3.05, 3.63) is 66.9 Å². The fourth-order valence-electron chi connectivity index (χ4n) is 3.74. The molecule has 1 saturated heterocycles. The molecular weight excluding hydrogens is 458 g/mol. The van der Waals surface area contributed by atoms with Crippen LogP contribution in [0.15, 0.2) is 66.2 Å². The lowest BCUT2D eigenvalue weighted by Gasteiger charge is -2.30. The molecule has 0 radical (unpaired) electrons. The molecule has 1 N–H and O–H groups in total. The first-order valence-electron chi connectivity index (χ1n) is 10.9. The largest absolute Gasteiger partial charge is 0.462 e. The second-order valence-corrected chi connectivity index (χ2v) is 9.73. The summed E-state index contributed by atoms with van der Waals surface area (Å²) in [5.74, 6) is -0.270. The fourth-order valence-corrected chi connectivity index (χ4v) is 5.21. The van der Waals surface area contributed by atoms with Gasteiger partial charge in [0.25, 0.3) is 0 Å². The third-order valence-electron chi connectivity index (χ3n) is 5.61. The van der Waals surface area contributed by atoms with Gasteiger partial charge in [-0.05, 0) is 56.2 Å². The number of aromatic nitrogens is 3. The Balaban J connectivity index is 1.33. The summed E-state index contributed by atoms with van der Waals surface area (Å²) >= 11 is 0. The lowest BCUT2D eigenvalue weighted by Crippen LogP contribution is -2.41. The Morgan fingerprint density at radius 3 is 2.44 bits per heavy atom. The van der Waals surface area contributed by atoms with E-state index in [2.05, 4.69) is 15.3 Å². The van der Waals surface area contributed by atoms with Crippen molar-refractivity contribution in [1.29, 1.82) is 0 Å². The van der Waals surface area contributed by atoms with Crippen LogP contribution in [0.25, 0.3) is 5.82 Å². The highest BCUT2D eigenvalue weighted by atomic mass is 32.2. The Bertz CT molecular complexity index is 1230. The van der Waals surface area contributed by atoms with Gasteiger partial charge in [0.2, 0.25) is 15.9 Å². The highest BCUT2D eigenvalue weighted by Crippen LogP contribution is 2.25. The summed E-state index contributed by atoms with van der Waals surface area (Å²) in [5.41, 5.74) is 0.870. The Hall–Kier alpha value is -3.57. The molecule has 3 aromatic rings. The summed E-state index contributed by atoms with van der Waals surface area (Å²) in [5, 5.41) is 2.86. The number of esters is 1. The second kappa shape index (κ2) is 10.1. The van der Waals surface area contributed by atoms with E-state index in [0.29, 0.717) is 29.9 Å². The van der Waals surface area contributed by atoms with Crippen molar-refractivity contribution in [2.24, 2.45) is 5.92 Å². The van der Waals surface area contributed by atoms with Crippen LogP contribution in [0, 0.1) is 5.92 Å². The van der Waals surface area contributed by atoms with Gasteiger partial charge in [0.05, 0.1) is 29.0 Å². The number of hydrogen-bond acceptors (Lipinski definition) is 7. The average Bonchev–Trinajstić information content (AvgIpc) is 3.40. The number of piperidine rings is 1. The predicted octanol–water partition coefficient (Wildman–Crippen LogP) is 2.48. The number of hydrogen-bond donors (Lipinski definition) is 1. The van der Waals surface area contributed by atoms with E-state index in [1.54, 1.807) is 48.5 Å². The SMILES string of the molecule is CCOC(=O)c1ccc(S(=O)(=O)N2CCC(C(=O)Nc3ccc(-n4ccnc4)nc3)CC2)cc1. The molecule has 3 heterocycles. The Labute approximate surface area is 197 Å². The summed E-state index contributed by atoms with van der Waals surface area (Å²) in [6, 6.07) is 9.23. The van der Waals surface area contributed by atoms with E-state index in [9.17, 15) is 18.0 Å². The Morgan fingerprint density at radius 2 is 1.85 bits per heavy atom. The number of carbonyl (C=O) groups excluding carboxylic acids is 2. The number of nitrogens with one attached hydrogen (secondary N) is 1. The molecule has 11 heteroatoms. The van der Waals surface area contributed by atoms with Crippen LogP contribution in [0.2, 0.25) is 0 Å². The van der Waals surface area contributed by atoms with Gasteiger partial charge < -0.3 is 10.1 Å². The van der Waals surface area contributed by atoms with E-state index < -0.39 is 16.0 Å². The van der Waals surface area contributed by atoms with Crippen molar-refractivity contribution in [2.45, 2.75) is 24.7 Å². The van der Waals surface area contributed by atoms with Crippen LogP contribution in [-0.2, 0) is 19.6 Å². The van der Waals surface area contributed by atoms with E-state index >= 15 is 0 Å². The number of anilines is 1. The van der Waals surface area contributed by atoms with Gasteiger partial charge in [-0.3, -0.25) is 9.36 Å². The van der Waals surface area contributed by atoms with E-state index in [-0.39, 0.29) is 36.4 Å². The van der Waals surface area contributed by atoms with Crippen molar-refractivity contribution >= 4 is 27.6 Å². The lowest BCUT2D eigenvalue weighted by atomic mass is 9.97. The number of benzene rings is 1. The monoisotopic (exact) mass is 483 g/mol. The molecule has 0 aliphatic carbocycles. The average molecular weight is 484 g/mol. The molecule has 1 aromatic carbocycles. The van der Waals surface area contributed by atoms with E-state index in [1.165, 1.54) is 28.6 Å². The maximum Gasteiger partial charge on any atom is 0.338 e. The zero-order chi connectivity index (χ0) is 24.1. The molecule has 1 aliphatic rings. The molecule has 0 saturated carbocycles. The highest BCUT2D eigenvalue weighted by molar-refractivity contribution is 7.89. The van der Waals surface area contributed by atoms with Crippen molar-refractivity contribution < 1.29 is 22.7 Å². The summed E-state index contributed by atoms with van der Waals surface area (Å²) in [6.45, 7) is 2.42. The van der Waals surface area contributed by atoms with Crippen LogP contribution in [0.3, 0.4) is 0 Å². The van der Waals surface area contributed by atoms with E-state index in [4.69, 9.17) is 4.74 Å². The molecular formula is C23H25N5O5S. The number of nitrogens with zero attached hydrogens (tertiary/aromatic N) is 4. The van der Waals surface area contributed by atoms with Crippen LogP contribution in [0.5, 0.6) is 0 Å². The van der Waals surface area contributed by atoms with Gasteiger partial charge in [-0.15, -0.1) is 0 Å². The number of ether oxygens (including phenoxy) is 1. The summed E-state index contributed by atoms with van der Waals surface area (Å²) in [6.07, 6.45) is 7.46. The van der Waals surface area contributed by atoms with Crippen LogP contribution in [-0.4, -0.2) is 58.8 Å². The van der Waals surface area contributed by atoms with Gasteiger partial charge in [0, 0.05) is 31.4 Å². The third-order valence-corrected chi connectivity index (χ3v) is 7.53. The van der Waals surface area contributed by atoms with E-state index in [0.717, 1.165) is 0 Å². The van der Waals surface area contributed by atoms with Gasteiger partial charge in [-0.1, -0.05) is 0 Å². The maximum absolute atomic E-state index is 13.0. The minimum Gasteiger partial charge on any atom is -0.462 e. The Kier molecular flexibility index (Phi) is 7.03. The quantitative estimate of drug-likeness (QED) is 0.512. The number of amides is 1. The molecule has 2 aromatic heterocycles. The molecule has 10 nitrogen and oxygen atoms in total. The summed E-state index contributed by atoms with van der Waals surface area (Å²) in [4.78, 5) is 32.9. The van der Waals surface area contributed by atoms with Crippen molar-refractivity contribution in [1.82, 2.24) is 18.8 Å². The van der Waals surface area contributed by atoms with E-state index in [1.807, 2.05) is 0 Å². The lowest BCUT2D eigenvalue weighted by molar-refractivity contribution is -0.120. The molecule has 4 rings (SSSR count). The summed E-state index contributed by atoms with van der Waals surface area (Å²) < 4.78 is 34.0. The topological polar surface area (TPSA) is 123 Å². The molecule has 0 unspecified atom stereocenters. The number of sulfonamides is 1. The number of pyridine rings is 1.